The van der Waals surface area contributed by atoms with Gasteiger partial charge in [0.15, 0.2) is 5.75 Å². The van der Waals surface area contributed by atoms with Crippen LogP contribution >= 0.6 is 11.6 Å². The topological polar surface area (TPSA) is 63.4 Å². The van der Waals surface area contributed by atoms with Gasteiger partial charge in [-0.15, -0.1) is 0 Å². The van der Waals surface area contributed by atoms with Gasteiger partial charge in [-0.25, -0.2) is 4.39 Å². The second kappa shape index (κ2) is 2.94. The van der Waals surface area contributed by atoms with Crippen LogP contribution in [0.5, 0.6) is 5.75 Å². The Morgan fingerprint density at radius 1 is 1.58 bits per heavy atom. The Hall–Kier alpha value is -1.36. The maximum Gasteiger partial charge on any atom is 0.313 e. The van der Waals surface area contributed by atoms with Crippen LogP contribution in [0, 0.1) is 15.9 Å². The fourth-order valence-corrected chi connectivity index (χ4v) is 0.830. The monoisotopic (exact) mass is 191 g/mol. The van der Waals surface area contributed by atoms with Gasteiger partial charge in [0.25, 0.3) is 0 Å². The molecule has 0 fully saturated rings. The Morgan fingerprint density at radius 2 is 2.17 bits per heavy atom. The number of hydrogen-bond acceptors (Lipinski definition) is 3. The molecule has 1 N–H and O–H groups in total. The summed E-state index contributed by atoms with van der Waals surface area (Å²) in [6.07, 6.45) is 0. The average molecular weight is 192 g/mol. The van der Waals surface area contributed by atoms with Crippen molar-refractivity contribution in [2.75, 3.05) is 0 Å². The van der Waals surface area contributed by atoms with Crippen LogP contribution in [-0.2, 0) is 0 Å². The summed E-state index contributed by atoms with van der Waals surface area (Å²) in [6.45, 7) is 0. The van der Waals surface area contributed by atoms with E-state index in [2.05, 4.69) is 0 Å². The Morgan fingerprint density at radius 3 is 2.67 bits per heavy atom. The minimum absolute atomic E-state index is 0.349. The van der Waals surface area contributed by atoms with E-state index in [4.69, 9.17) is 16.7 Å². The van der Waals surface area contributed by atoms with Crippen molar-refractivity contribution in [3.63, 3.8) is 0 Å². The Labute approximate surface area is 71.3 Å². The van der Waals surface area contributed by atoms with E-state index in [9.17, 15) is 14.5 Å². The summed E-state index contributed by atoms with van der Waals surface area (Å²) in [5, 5.41) is 18.7. The van der Waals surface area contributed by atoms with Crippen LogP contribution in [0.4, 0.5) is 10.1 Å². The lowest BCUT2D eigenvalue weighted by Crippen LogP contribution is -1.90. The molecule has 0 spiro atoms. The molecule has 12 heavy (non-hydrogen) atoms. The van der Waals surface area contributed by atoms with E-state index in [-0.39, 0.29) is 5.02 Å². The fraction of sp³-hybridized carbons (Fsp3) is 0. The molecule has 0 aromatic heterocycles. The number of hydrogen-bond donors (Lipinski definition) is 1. The van der Waals surface area contributed by atoms with Crippen LogP contribution in [0.3, 0.4) is 0 Å². The van der Waals surface area contributed by atoms with E-state index in [1.54, 1.807) is 0 Å². The van der Waals surface area contributed by atoms with Crippen molar-refractivity contribution < 1.29 is 14.4 Å². The second-order valence-corrected chi connectivity index (χ2v) is 2.42. The van der Waals surface area contributed by atoms with Crippen molar-refractivity contribution in [1.29, 1.82) is 0 Å². The van der Waals surface area contributed by atoms with E-state index in [0.29, 0.717) is 6.07 Å². The molecule has 1 rings (SSSR count). The van der Waals surface area contributed by atoms with Crippen LogP contribution in [-0.4, -0.2) is 10.0 Å². The minimum atomic E-state index is -0.929. The van der Waals surface area contributed by atoms with Crippen LogP contribution in [0.1, 0.15) is 0 Å². The third-order valence-electron chi connectivity index (χ3n) is 1.21. The van der Waals surface area contributed by atoms with Gasteiger partial charge in [0, 0.05) is 6.07 Å². The molecule has 1 aromatic carbocycles. The highest BCUT2D eigenvalue weighted by Gasteiger charge is 2.16. The third kappa shape index (κ3) is 1.45. The summed E-state index contributed by atoms with van der Waals surface area (Å²) in [5.74, 6) is -1.58. The molecule has 1 aromatic rings. The molecular formula is C6H3ClFNO3. The van der Waals surface area contributed by atoms with Gasteiger partial charge in [-0.3, -0.25) is 10.1 Å². The first-order valence-electron chi connectivity index (χ1n) is 2.85. The number of phenols is 1. The normalized spacial score (nSPS) is 9.83. The molecule has 0 saturated heterocycles. The Kier molecular flexibility index (Phi) is 2.14. The van der Waals surface area contributed by atoms with Crippen molar-refractivity contribution in [3.8, 4) is 5.75 Å². The van der Waals surface area contributed by atoms with Gasteiger partial charge in [-0.2, -0.15) is 0 Å². The van der Waals surface area contributed by atoms with Crippen molar-refractivity contribution in [2.45, 2.75) is 0 Å². The van der Waals surface area contributed by atoms with Gasteiger partial charge < -0.3 is 5.11 Å². The van der Waals surface area contributed by atoms with Crippen molar-refractivity contribution in [2.24, 2.45) is 0 Å². The average Bonchev–Trinajstić information content (AvgIpc) is 1.96. The van der Waals surface area contributed by atoms with Gasteiger partial charge in [0.1, 0.15) is 5.82 Å². The molecule has 0 amide bonds. The molecule has 0 aliphatic carbocycles. The summed E-state index contributed by atoms with van der Waals surface area (Å²) < 4.78 is 12.6. The van der Waals surface area contributed by atoms with Gasteiger partial charge in [0.05, 0.1) is 16.0 Å². The number of nitro groups is 1. The third-order valence-corrected chi connectivity index (χ3v) is 1.50. The maximum atomic E-state index is 12.6. The number of halogens is 2. The largest absolute Gasteiger partial charge is 0.502 e. The first-order valence-corrected chi connectivity index (χ1v) is 3.22. The highest BCUT2D eigenvalue weighted by Crippen LogP contribution is 2.30. The predicted molar refractivity (Wildman–Crippen MR) is 39.7 cm³/mol. The second-order valence-electron chi connectivity index (χ2n) is 2.01. The van der Waals surface area contributed by atoms with Gasteiger partial charge >= 0.3 is 5.69 Å². The molecule has 0 unspecified atom stereocenters. The molecule has 0 radical (unpaired) electrons. The fourth-order valence-electron chi connectivity index (χ4n) is 0.672. The molecule has 0 bridgehead atoms. The summed E-state index contributed by atoms with van der Waals surface area (Å²) in [6, 6.07) is 1.35. The number of phenolic OH excluding ortho intramolecular Hbond substituents is 1. The standard InChI is InChI=1S/C6H3ClFNO3/c7-3-1-6(10)5(9(11)12)2-4(3)8/h1-2,10H. The number of nitro benzene ring substituents is 1. The quantitative estimate of drug-likeness (QED) is 0.546. The van der Waals surface area contributed by atoms with E-state index in [1.165, 1.54) is 0 Å². The van der Waals surface area contributed by atoms with Crippen molar-refractivity contribution in [3.05, 3.63) is 33.1 Å². The summed E-state index contributed by atoms with van der Waals surface area (Å²) >= 11 is 5.23. The van der Waals surface area contributed by atoms with Crippen LogP contribution in [0.25, 0.3) is 0 Å². The highest BCUT2D eigenvalue weighted by atomic mass is 35.5. The lowest BCUT2D eigenvalue weighted by Gasteiger charge is -1.96. The van der Waals surface area contributed by atoms with Crippen LogP contribution < -0.4 is 0 Å². The molecule has 0 heterocycles. The smallest absolute Gasteiger partial charge is 0.313 e. The molecule has 0 aliphatic heterocycles. The molecule has 64 valence electrons. The van der Waals surface area contributed by atoms with Crippen LogP contribution in [0.2, 0.25) is 5.02 Å². The summed E-state index contributed by atoms with van der Waals surface area (Å²) in [5.41, 5.74) is -0.697. The lowest BCUT2D eigenvalue weighted by molar-refractivity contribution is -0.386. The SMILES string of the molecule is O=[N+]([O-])c1cc(F)c(Cl)cc1O. The maximum absolute atomic E-state index is 12.6. The van der Waals surface area contributed by atoms with E-state index in [1.807, 2.05) is 0 Å². The summed E-state index contributed by atoms with van der Waals surface area (Å²) in [4.78, 5) is 9.23. The zero-order valence-corrected chi connectivity index (χ0v) is 6.38. The van der Waals surface area contributed by atoms with E-state index in [0.717, 1.165) is 6.07 Å². The van der Waals surface area contributed by atoms with Crippen molar-refractivity contribution in [1.82, 2.24) is 0 Å². The van der Waals surface area contributed by atoms with Gasteiger partial charge in [-0.1, -0.05) is 11.6 Å². The summed E-state index contributed by atoms with van der Waals surface area (Å²) in [7, 11) is 0. The lowest BCUT2D eigenvalue weighted by atomic mass is 10.3. The zero-order valence-electron chi connectivity index (χ0n) is 5.62. The first-order chi connectivity index (χ1) is 5.52. The zero-order chi connectivity index (χ0) is 9.30. The number of rotatable bonds is 1. The number of nitrogens with zero attached hydrogens (tertiary/aromatic N) is 1. The molecule has 0 atom stereocenters. The molecular weight excluding hydrogens is 189 g/mol. The molecule has 0 saturated carbocycles. The number of aromatic hydroxyl groups is 1. The molecule has 0 aliphatic rings. The minimum Gasteiger partial charge on any atom is -0.502 e. The molecule has 4 nitrogen and oxygen atoms in total. The molecule has 6 heteroatoms. The van der Waals surface area contributed by atoms with Crippen molar-refractivity contribution >= 4 is 17.3 Å². The Bertz CT molecular complexity index is 342. The van der Waals surface area contributed by atoms with Gasteiger partial charge in [-0.05, 0) is 0 Å². The first kappa shape index (κ1) is 8.73. The number of benzene rings is 1. The van der Waals surface area contributed by atoms with Crippen LogP contribution in [0.15, 0.2) is 12.1 Å². The Balaban J connectivity index is 3.33. The predicted octanol–water partition coefficient (Wildman–Crippen LogP) is 2.09. The van der Waals surface area contributed by atoms with E-state index >= 15 is 0 Å². The highest BCUT2D eigenvalue weighted by molar-refractivity contribution is 6.30. The van der Waals surface area contributed by atoms with Gasteiger partial charge in [0.2, 0.25) is 0 Å². The van der Waals surface area contributed by atoms with E-state index < -0.39 is 22.2 Å².